The fraction of sp³-hybridized carbons (Fsp3) is 0.303. The molecule has 1 fully saturated rings. The number of piperidine rings is 1. The van der Waals surface area contributed by atoms with Crippen LogP contribution in [0, 0.1) is 5.82 Å². The van der Waals surface area contributed by atoms with Crippen molar-refractivity contribution >= 4 is 28.6 Å². The second-order valence-electron chi connectivity index (χ2n) is 11.5. The highest BCUT2D eigenvalue weighted by molar-refractivity contribution is 6.30. The lowest BCUT2D eigenvalue weighted by molar-refractivity contribution is -0.0712. The molecule has 11 heteroatoms. The van der Waals surface area contributed by atoms with Crippen molar-refractivity contribution < 1.29 is 23.8 Å². The van der Waals surface area contributed by atoms with Crippen molar-refractivity contribution in [2.45, 2.75) is 51.1 Å². The Morgan fingerprint density at radius 2 is 1.93 bits per heavy atom. The van der Waals surface area contributed by atoms with Crippen LogP contribution in [0.15, 0.2) is 73.1 Å². The smallest absolute Gasteiger partial charge is 0.335 e. The fourth-order valence-electron chi connectivity index (χ4n) is 6.35. The summed E-state index contributed by atoms with van der Waals surface area (Å²) in [6.45, 7) is 5.33. The highest BCUT2D eigenvalue weighted by atomic mass is 35.5. The third-order valence-corrected chi connectivity index (χ3v) is 8.84. The van der Waals surface area contributed by atoms with E-state index in [1.807, 2.05) is 29.1 Å². The van der Waals surface area contributed by atoms with Crippen LogP contribution in [0.2, 0.25) is 5.02 Å². The summed E-state index contributed by atoms with van der Waals surface area (Å²) >= 11 is 5.98. The molecule has 5 aromatic rings. The highest BCUT2D eigenvalue weighted by Gasteiger charge is 2.43. The molecule has 2 aliphatic rings. The third-order valence-electron chi connectivity index (χ3n) is 8.61. The van der Waals surface area contributed by atoms with E-state index in [-0.39, 0.29) is 11.5 Å². The first-order valence-electron chi connectivity index (χ1n) is 14.7. The molecule has 0 amide bonds. The number of aromatic nitrogens is 4. The first kappa shape index (κ1) is 28.4. The lowest BCUT2D eigenvalue weighted by Crippen LogP contribution is -2.34. The Kier molecular flexibility index (Phi) is 7.26. The van der Waals surface area contributed by atoms with Crippen LogP contribution in [-0.4, -0.2) is 48.4 Å². The number of hydrogen-bond acceptors (Lipinski definition) is 6. The number of aryl methyl sites for hydroxylation is 2. The van der Waals surface area contributed by atoms with Crippen LogP contribution in [0.5, 0.6) is 11.5 Å². The average molecular weight is 616 g/mol. The fourth-order valence-corrected chi connectivity index (χ4v) is 6.51. The Bertz CT molecular complexity index is 1850. The van der Waals surface area contributed by atoms with Crippen LogP contribution >= 0.6 is 11.6 Å². The van der Waals surface area contributed by atoms with E-state index in [1.165, 1.54) is 6.07 Å². The first-order chi connectivity index (χ1) is 21.3. The molecular weight excluding hydrogens is 585 g/mol. The molecule has 1 atom stereocenters. The van der Waals surface area contributed by atoms with Gasteiger partial charge >= 0.3 is 5.97 Å². The van der Waals surface area contributed by atoms with Crippen LogP contribution in [0.1, 0.15) is 53.0 Å². The maximum atomic E-state index is 14.8. The molecule has 1 saturated heterocycles. The number of imidazole rings is 1. The molecule has 1 unspecified atom stereocenters. The standard InChI is InChI=1S/C33H31ClFN5O4/c1-33(25-8-7-23(34)19-26(25)35)43-29-5-2-4-24(31(29)44-33)21-10-14-38(15-11-21)20-30-37-27-9-6-22(32(41)42)18-28(27)40(30)17-16-39-13-3-12-36-39/h2-9,12-13,18-19,21H,10-11,14-17,20H2,1H3,(H,41,42). The van der Waals surface area contributed by atoms with E-state index < -0.39 is 17.6 Å². The summed E-state index contributed by atoms with van der Waals surface area (Å²) in [6, 6.07) is 17.4. The summed E-state index contributed by atoms with van der Waals surface area (Å²) in [7, 11) is 0. The maximum Gasteiger partial charge on any atom is 0.335 e. The van der Waals surface area contributed by atoms with Gasteiger partial charge in [0.15, 0.2) is 11.5 Å². The van der Waals surface area contributed by atoms with Gasteiger partial charge in [-0.25, -0.2) is 14.2 Å². The van der Waals surface area contributed by atoms with Crippen molar-refractivity contribution in [1.29, 1.82) is 0 Å². The number of rotatable bonds is 8. The Hall–Kier alpha value is -4.41. The molecule has 1 N–H and O–H groups in total. The molecule has 2 aliphatic heterocycles. The highest BCUT2D eigenvalue weighted by Crippen LogP contribution is 2.49. The molecule has 0 aliphatic carbocycles. The minimum atomic E-state index is -1.29. The number of para-hydroxylation sites is 1. The minimum absolute atomic E-state index is 0.238. The maximum absolute atomic E-state index is 14.8. The average Bonchev–Trinajstić information content (AvgIpc) is 3.73. The molecule has 44 heavy (non-hydrogen) atoms. The number of aromatic carboxylic acids is 1. The zero-order valence-electron chi connectivity index (χ0n) is 24.1. The van der Waals surface area contributed by atoms with Crippen molar-refractivity contribution in [2.24, 2.45) is 0 Å². The van der Waals surface area contributed by atoms with Crippen LogP contribution < -0.4 is 9.47 Å². The molecule has 7 rings (SSSR count). The summed E-state index contributed by atoms with van der Waals surface area (Å²) in [4.78, 5) is 19.0. The number of carboxylic acids is 1. The summed E-state index contributed by atoms with van der Waals surface area (Å²) in [5.41, 5.74) is 3.18. The second-order valence-corrected chi connectivity index (χ2v) is 11.9. The van der Waals surface area contributed by atoms with Gasteiger partial charge in [-0.1, -0.05) is 23.7 Å². The lowest BCUT2D eigenvalue weighted by Gasteiger charge is -2.32. The van der Waals surface area contributed by atoms with Crippen molar-refractivity contribution in [1.82, 2.24) is 24.2 Å². The number of fused-ring (bicyclic) bond motifs is 2. The predicted molar refractivity (Wildman–Crippen MR) is 163 cm³/mol. The van der Waals surface area contributed by atoms with Crippen molar-refractivity contribution in [3.8, 4) is 11.5 Å². The van der Waals surface area contributed by atoms with E-state index in [2.05, 4.69) is 20.6 Å². The predicted octanol–water partition coefficient (Wildman–Crippen LogP) is 6.45. The quantitative estimate of drug-likeness (QED) is 0.214. The lowest BCUT2D eigenvalue weighted by atomic mass is 9.88. The largest absolute Gasteiger partial charge is 0.478 e. The van der Waals surface area contributed by atoms with Gasteiger partial charge in [0.05, 0.1) is 35.2 Å². The van der Waals surface area contributed by atoms with Crippen molar-refractivity contribution in [2.75, 3.05) is 13.1 Å². The van der Waals surface area contributed by atoms with Gasteiger partial charge in [-0.2, -0.15) is 5.10 Å². The number of carbonyl (C=O) groups is 1. The van der Waals surface area contributed by atoms with E-state index in [1.54, 1.807) is 43.5 Å². The van der Waals surface area contributed by atoms with E-state index in [0.717, 1.165) is 48.4 Å². The summed E-state index contributed by atoms with van der Waals surface area (Å²) in [6.07, 6.45) is 5.47. The number of hydrogen-bond donors (Lipinski definition) is 1. The van der Waals surface area contributed by atoms with E-state index >= 15 is 0 Å². The van der Waals surface area contributed by atoms with Gasteiger partial charge in [-0.05, 0) is 80.4 Å². The zero-order chi connectivity index (χ0) is 30.4. The molecule has 3 aromatic carbocycles. The zero-order valence-corrected chi connectivity index (χ0v) is 24.9. The number of carboxylic acid groups (broad SMARTS) is 1. The summed E-state index contributed by atoms with van der Waals surface area (Å²) < 4.78 is 31.3. The molecule has 4 heterocycles. The number of nitrogens with zero attached hydrogens (tertiary/aromatic N) is 5. The van der Waals surface area contributed by atoms with E-state index in [4.69, 9.17) is 26.1 Å². The van der Waals surface area contributed by atoms with Gasteiger partial charge in [0.25, 0.3) is 5.79 Å². The SMILES string of the molecule is CC1(c2ccc(Cl)cc2F)Oc2cccc(C3CCN(Cc4nc5ccc(C(=O)O)cc5n4CCn4cccn4)CC3)c2O1. The van der Waals surface area contributed by atoms with Crippen LogP contribution in [0.4, 0.5) is 4.39 Å². The Labute approximate surface area is 258 Å². The molecule has 0 saturated carbocycles. The third kappa shape index (κ3) is 5.28. The molecule has 0 spiro atoms. The topological polar surface area (TPSA) is 94.6 Å². The molecule has 0 bridgehead atoms. The van der Waals surface area contributed by atoms with Crippen molar-refractivity contribution in [3.63, 3.8) is 0 Å². The number of likely N-dealkylation sites (tertiary alicyclic amines) is 1. The normalized spacial score (nSPS) is 18.7. The van der Waals surface area contributed by atoms with Gasteiger partial charge in [0, 0.05) is 36.4 Å². The Morgan fingerprint density at radius 1 is 1.09 bits per heavy atom. The number of benzene rings is 3. The molecule has 9 nitrogen and oxygen atoms in total. The van der Waals surface area contributed by atoms with Gasteiger partial charge in [-0.15, -0.1) is 0 Å². The monoisotopic (exact) mass is 615 g/mol. The number of ether oxygens (including phenoxy) is 2. The van der Waals surface area contributed by atoms with Crippen LogP contribution in [0.3, 0.4) is 0 Å². The van der Waals surface area contributed by atoms with Crippen molar-refractivity contribution in [3.05, 3.63) is 106 Å². The van der Waals surface area contributed by atoms with Gasteiger partial charge in [-0.3, -0.25) is 9.58 Å². The van der Waals surface area contributed by atoms with Gasteiger partial charge < -0.3 is 19.1 Å². The summed E-state index contributed by atoms with van der Waals surface area (Å²) in [5.74, 6) is -0.312. The minimum Gasteiger partial charge on any atom is -0.478 e. The molecule has 226 valence electrons. The Balaban J connectivity index is 1.08. The molecule has 2 aromatic heterocycles. The van der Waals surface area contributed by atoms with Gasteiger partial charge in [0.2, 0.25) is 0 Å². The van der Waals surface area contributed by atoms with Crippen LogP contribution in [0.25, 0.3) is 11.0 Å². The molecule has 0 radical (unpaired) electrons. The Morgan fingerprint density at radius 3 is 2.68 bits per heavy atom. The first-order valence-corrected chi connectivity index (χ1v) is 15.0. The summed E-state index contributed by atoms with van der Waals surface area (Å²) in [5, 5.41) is 14.2. The van der Waals surface area contributed by atoms with E-state index in [0.29, 0.717) is 41.7 Å². The number of halogens is 2. The van der Waals surface area contributed by atoms with Crippen LogP contribution in [-0.2, 0) is 25.4 Å². The van der Waals surface area contributed by atoms with E-state index in [9.17, 15) is 14.3 Å². The van der Waals surface area contributed by atoms with Gasteiger partial charge in [0.1, 0.15) is 11.6 Å². The second kappa shape index (κ2) is 11.3. The molecular formula is C33H31ClFN5O4.